The first-order valence-corrected chi connectivity index (χ1v) is 8.19. The van der Waals surface area contributed by atoms with Crippen molar-refractivity contribution in [2.24, 2.45) is 0 Å². The topological polar surface area (TPSA) is 75.6 Å². The quantitative estimate of drug-likeness (QED) is 0.512. The number of aromatic hydroxyl groups is 1. The number of ketones is 1. The van der Waals surface area contributed by atoms with Crippen molar-refractivity contribution in [3.63, 3.8) is 0 Å². The van der Waals surface area contributed by atoms with Crippen LogP contribution in [0.5, 0.6) is 11.5 Å². The number of hydrogen-bond donors (Lipinski definition) is 2. The molecular formula is C18H27NO4. The average Bonchev–Trinajstić information content (AvgIpc) is 2.53. The van der Waals surface area contributed by atoms with Gasteiger partial charge in [0.05, 0.1) is 12.2 Å². The number of phenolic OH excluding ortho intramolecular Hbond substituents is 1. The van der Waals surface area contributed by atoms with Gasteiger partial charge in [-0.3, -0.25) is 9.59 Å². The molecule has 5 heteroatoms. The van der Waals surface area contributed by atoms with E-state index in [1.54, 1.807) is 13.1 Å². The third kappa shape index (κ3) is 6.30. The van der Waals surface area contributed by atoms with Crippen LogP contribution < -0.4 is 10.1 Å². The Hall–Kier alpha value is -2.04. The van der Waals surface area contributed by atoms with E-state index in [0.29, 0.717) is 24.3 Å². The molecule has 0 fully saturated rings. The van der Waals surface area contributed by atoms with Crippen LogP contribution in [0.15, 0.2) is 12.1 Å². The van der Waals surface area contributed by atoms with Gasteiger partial charge in [-0.1, -0.05) is 19.8 Å². The zero-order valence-electron chi connectivity index (χ0n) is 14.3. The fraction of sp³-hybridized carbons (Fsp3) is 0.556. The van der Waals surface area contributed by atoms with E-state index in [-0.39, 0.29) is 17.4 Å². The first kappa shape index (κ1) is 19.0. The molecule has 0 unspecified atom stereocenters. The van der Waals surface area contributed by atoms with Gasteiger partial charge in [-0.2, -0.15) is 0 Å². The van der Waals surface area contributed by atoms with Gasteiger partial charge in [0.1, 0.15) is 11.5 Å². The van der Waals surface area contributed by atoms with E-state index in [4.69, 9.17) is 4.74 Å². The molecule has 0 bridgehead atoms. The molecule has 0 saturated carbocycles. The molecule has 5 nitrogen and oxygen atoms in total. The molecule has 0 aromatic heterocycles. The molecule has 128 valence electrons. The van der Waals surface area contributed by atoms with E-state index >= 15 is 0 Å². The summed E-state index contributed by atoms with van der Waals surface area (Å²) >= 11 is 0. The molecule has 0 aliphatic heterocycles. The van der Waals surface area contributed by atoms with E-state index in [1.165, 1.54) is 13.0 Å². The van der Waals surface area contributed by atoms with Gasteiger partial charge in [-0.15, -0.1) is 0 Å². The minimum absolute atomic E-state index is 0.0321. The van der Waals surface area contributed by atoms with Crippen molar-refractivity contribution in [1.29, 1.82) is 0 Å². The molecular weight excluding hydrogens is 294 g/mol. The van der Waals surface area contributed by atoms with Crippen LogP contribution >= 0.6 is 0 Å². The average molecular weight is 321 g/mol. The van der Waals surface area contributed by atoms with E-state index in [0.717, 1.165) is 37.7 Å². The fourth-order valence-corrected chi connectivity index (χ4v) is 2.35. The molecule has 0 spiro atoms. The fourth-order valence-electron chi connectivity index (χ4n) is 2.35. The number of aryl methyl sites for hydroxylation is 1. The summed E-state index contributed by atoms with van der Waals surface area (Å²) in [6, 6.07) is 3.23. The number of carbonyl (C=O) groups is 2. The Bertz CT molecular complexity index is 540. The lowest BCUT2D eigenvalue weighted by Crippen LogP contribution is -2.16. The van der Waals surface area contributed by atoms with E-state index in [2.05, 4.69) is 5.32 Å². The van der Waals surface area contributed by atoms with Gasteiger partial charge in [-0.05, 0) is 37.8 Å². The standard InChI is InChI=1S/C18H27NO4/c1-4-14-11-15(13(2)20)16(21)12-17(14)23-10-8-6-5-7-9-18(22)19-3/h11-12,21H,4-10H2,1-3H3,(H,19,22). The number of nitrogens with one attached hydrogen (secondary N) is 1. The van der Waals surface area contributed by atoms with Gasteiger partial charge in [0.15, 0.2) is 5.78 Å². The molecule has 0 atom stereocenters. The van der Waals surface area contributed by atoms with Crippen LogP contribution in [-0.2, 0) is 11.2 Å². The van der Waals surface area contributed by atoms with E-state index in [1.807, 2.05) is 6.92 Å². The molecule has 0 radical (unpaired) electrons. The molecule has 2 N–H and O–H groups in total. The number of phenols is 1. The zero-order chi connectivity index (χ0) is 17.2. The number of Topliss-reactive ketones (excluding diaryl/α,β-unsaturated/α-hetero) is 1. The summed E-state index contributed by atoms with van der Waals surface area (Å²) in [7, 11) is 1.65. The maximum Gasteiger partial charge on any atom is 0.219 e. The Morgan fingerprint density at radius 3 is 2.48 bits per heavy atom. The SMILES string of the molecule is CCc1cc(C(C)=O)c(O)cc1OCCCCCCC(=O)NC. The second kappa shape index (κ2) is 9.87. The smallest absolute Gasteiger partial charge is 0.219 e. The van der Waals surface area contributed by atoms with Gasteiger partial charge < -0.3 is 15.2 Å². The summed E-state index contributed by atoms with van der Waals surface area (Å²) in [6.07, 6.45) is 5.07. The molecule has 1 rings (SSSR count). The number of amides is 1. The van der Waals surface area contributed by atoms with Crippen LogP contribution in [0, 0.1) is 0 Å². The number of benzene rings is 1. The third-order valence-electron chi connectivity index (χ3n) is 3.77. The lowest BCUT2D eigenvalue weighted by Gasteiger charge is -2.13. The van der Waals surface area contributed by atoms with Crippen molar-refractivity contribution in [2.75, 3.05) is 13.7 Å². The van der Waals surface area contributed by atoms with Gasteiger partial charge in [0.2, 0.25) is 5.91 Å². The number of carbonyl (C=O) groups excluding carboxylic acids is 2. The first-order chi connectivity index (χ1) is 11.0. The van der Waals surface area contributed by atoms with Crippen LogP contribution in [0.4, 0.5) is 0 Å². The van der Waals surface area contributed by atoms with Crippen molar-refractivity contribution in [1.82, 2.24) is 5.32 Å². The predicted octanol–water partition coefficient (Wildman–Crippen LogP) is 3.23. The van der Waals surface area contributed by atoms with Crippen LogP contribution in [0.2, 0.25) is 0 Å². The summed E-state index contributed by atoms with van der Waals surface area (Å²) in [6.45, 7) is 3.99. The Balaban J connectivity index is 2.41. The summed E-state index contributed by atoms with van der Waals surface area (Å²) in [5.74, 6) is 0.533. The monoisotopic (exact) mass is 321 g/mol. The molecule has 0 aliphatic carbocycles. The Labute approximate surface area is 138 Å². The highest BCUT2D eigenvalue weighted by Gasteiger charge is 2.12. The molecule has 0 heterocycles. The lowest BCUT2D eigenvalue weighted by atomic mass is 10.0. The number of hydrogen-bond acceptors (Lipinski definition) is 4. The second-order valence-corrected chi connectivity index (χ2v) is 5.57. The summed E-state index contributed by atoms with van der Waals surface area (Å²) in [4.78, 5) is 22.5. The Kier molecular flexibility index (Phi) is 8.16. The van der Waals surface area contributed by atoms with Crippen molar-refractivity contribution < 1.29 is 19.4 Å². The highest BCUT2D eigenvalue weighted by Crippen LogP contribution is 2.29. The van der Waals surface area contributed by atoms with Gasteiger partial charge in [-0.25, -0.2) is 0 Å². The summed E-state index contributed by atoms with van der Waals surface area (Å²) in [5.41, 5.74) is 1.26. The van der Waals surface area contributed by atoms with Crippen LogP contribution in [0.1, 0.15) is 61.9 Å². The summed E-state index contributed by atoms with van der Waals surface area (Å²) in [5, 5.41) is 12.5. The zero-order valence-corrected chi connectivity index (χ0v) is 14.3. The van der Waals surface area contributed by atoms with Crippen molar-refractivity contribution in [3.05, 3.63) is 23.3 Å². The Morgan fingerprint density at radius 1 is 1.17 bits per heavy atom. The largest absolute Gasteiger partial charge is 0.507 e. The Morgan fingerprint density at radius 2 is 1.87 bits per heavy atom. The minimum atomic E-state index is -0.153. The highest BCUT2D eigenvalue weighted by molar-refractivity contribution is 5.97. The number of rotatable bonds is 10. The van der Waals surface area contributed by atoms with Gasteiger partial charge in [0, 0.05) is 19.5 Å². The third-order valence-corrected chi connectivity index (χ3v) is 3.77. The first-order valence-electron chi connectivity index (χ1n) is 8.19. The molecule has 1 aromatic rings. The van der Waals surface area contributed by atoms with Gasteiger partial charge >= 0.3 is 0 Å². The normalized spacial score (nSPS) is 10.4. The lowest BCUT2D eigenvalue weighted by molar-refractivity contribution is -0.120. The van der Waals surface area contributed by atoms with Crippen LogP contribution in [0.3, 0.4) is 0 Å². The van der Waals surface area contributed by atoms with Crippen LogP contribution in [0.25, 0.3) is 0 Å². The highest BCUT2D eigenvalue weighted by atomic mass is 16.5. The maximum atomic E-state index is 11.4. The molecule has 0 aliphatic rings. The molecule has 1 amide bonds. The molecule has 0 saturated heterocycles. The predicted molar refractivity (Wildman–Crippen MR) is 90.1 cm³/mol. The van der Waals surface area contributed by atoms with Crippen LogP contribution in [-0.4, -0.2) is 30.5 Å². The van der Waals surface area contributed by atoms with Crippen molar-refractivity contribution in [2.45, 2.75) is 52.4 Å². The number of ether oxygens (including phenoxy) is 1. The van der Waals surface area contributed by atoms with Gasteiger partial charge in [0.25, 0.3) is 0 Å². The minimum Gasteiger partial charge on any atom is -0.507 e. The molecule has 1 aromatic carbocycles. The second-order valence-electron chi connectivity index (χ2n) is 5.57. The van der Waals surface area contributed by atoms with Crippen molar-refractivity contribution >= 4 is 11.7 Å². The maximum absolute atomic E-state index is 11.4. The van der Waals surface area contributed by atoms with E-state index < -0.39 is 0 Å². The van der Waals surface area contributed by atoms with E-state index in [9.17, 15) is 14.7 Å². The van der Waals surface area contributed by atoms with Crippen molar-refractivity contribution in [3.8, 4) is 11.5 Å². The molecule has 23 heavy (non-hydrogen) atoms. The summed E-state index contributed by atoms with van der Waals surface area (Å²) < 4.78 is 5.74. The number of unbranched alkanes of at least 4 members (excludes halogenated alkanes) is 3.